The summed E-state index contributed by atoms with van der Waals surface area (Å²) < 4.78 is 39.9. The van der Waals surface area contributed by atoms with Crippen LogP contribution in [0.25, 0.3) is 0 Å². The molecule has 0 aliphatic carbocycles. The van der Waals surface area contributed by atoms with Gasteiger partial charge in [-0.1, -0.05) is 0 Å². The summed E-state index contributed by atoms with van der Waals surface area (Å²) in [5.74, 6) is -0.967. The Labute approximate surface area is 98.8 Å². The molecule has 0 N–H and O–H groups in total. The van der Waals surface area contributed by atoms with Gasteiger partial charge in [-0.2, -0.15) is 5.26 Å². The lowest BCUT2D eigenvalue weighted by molar-refractivity contribution is -0.389. The molecule has 6 nitrogen and oxygen atoms in total. The molecule has 18 heavy (non-hydrogen) atoms. The summed E-state index contributed by atoms with van der Waals surface area (Å²) in [6.45, 7) is 1.34. The third-order valence-corrected chi connectivity index (χ3v) is 1.81. The van der Waals surface area contributed by atoms with Crippen molar-refractivity contribution >= 4 is 5.69 Å². The maximum atomic E-state index is 12.1. The molecule has 96 valence electrons. The second kappa shape index (κ2) is 4.87. The van der Waals surface area contributed by atoms with Gasteiger partial charge in [-0.25, -0.2) is 4.98 Å². The number of halogens is 3. The Kier molecular flexibility index (Phi) is 3.70. The van der Waals surface area contributed by atoms with Gasteiger partial charge >= 0.3 is 12.0 Å². The zero-order valence-electron chi connectivity index (χ0n) is 8.98. The molecule has 0 atom stereocenters. The minimum Gasteiger partial charge on any atom is -0.398 e. The molecule has 1 aromatic heterocycles. The van der Waals surface area contributed by atoms with Gasteiger partial charge < -0.3 is 4.74 Å². The van der Waals surface area contributed by atoms with Crippen LogP contribution in [0.5, 0.6) is 5.75 Å². The molecule has 0 spiro atoms. The van der Waals surface area contributed by atoms with Gasteiger partial charge in [0.05, 0.1) is 17.4 Å². The molecule has 0 aromatic carbocycles. The Morgan fingerprint density at radius 3 is 2.67 bits per heavy atom. The van der Waals surface area contributed by atoms with Crippen LogP contribution in [-0.4, -0.2) is 16.3 Å². The van der Waals surface area contributed by atoms with Gasteiger partial charge in [0.1, 0.15) is 5.69 Å². The highest BCUT2D eigenvalue weighted by molar-refractivity contribution is 5.51. The SMILES string of the molecule is Cc1cc(OC(F)(F)F)c([N+](=O)[O-])c(CC#N)n1. The summed E-state index contributed by atoms with van der Waals surface area (Å²) in [5, 5.41) is 19.2. The monoisotopic (exact) mass is 261 g/mol. The predicted molar refractivity (Wildman–Crippen MR) is 51.6 cm³/mol. The summed E-state index contributed by atoms with van der Waals surface area (Å²) in [5.41, 5.74) is -1.22. The molecule has 0 saturated carbocycles. The molecule has 0 radical (unpaired) electrons. The highest BCUT2D eigenvalue weighted by atomic mass is 19.4. The highest BCUT2D eigenvalue weighted by Gasteiger charge is 2.36. The molecule has 1 heterocycles. The van der Waals surface area contributed by atoms with Crippen LogP contribution in [0, 0.1) is 28.4 Å². The lowest BCUT2D eigenvalue weighted by Crippen LogP contribution is -2.19. The zero-order chi connectivity index (χ0) is 13.9. The van der Waals surface area contributed by atoms with Gasteiger partial charge in [0.15, 0.2) is 0 Å². The van der Waals surface area contributed by atoms with E-state index in [1.54, 1.807) is 6.07 Å². The molecule has 0 unspecified atom stereocenters. The number of nitro groups is 1. The lowest BCUT2D eigenvalue weighted by Gasteiger charge is -2.10. The van der Waals surface area contributed by atoms with E-state index < -0.39 is 29.1 Å². The van der Waals surface area contributed by atoms with Crippen LogP contribution in [0.15, 0.2) is 6.07 Å². The summed E-state index contributed by atoms with van der Waals surface area (Å²) in [4.78, 5) is 13.3. The smallest absolute Gasteiger partial charge is 0.398 e. The molecule has 1 rings (SSSR count). The molecule has 0 bridgehead atoms. The number of hydrogen-bond acceptors (Lipinski definition) is 5. The number of ether oxygens (including phenoxy) is 1. The largest absolute Gasteiger partial charge is 0.573 e. The second-order valence-electron chi connectivity index (χ2n) is 3.20. The van der Waals surface area contributed by atoms with Crippen molar-refractivity contribution in [2.45, 2.75) is 19.7 Å². The van der Waals surface area contributed by atoms with Crippen LogP contribution < -0.4 is 4.74 Å². The van der Waals surface area contributed by atoms with Crippen molar-refractivity contribution in [2.75, 3.05) is 0 Å². The first-order valence-corrected chi connectivity index (χ1v) is 4.52. The van der Waals surface area contributed by atoms with E-state index in [0.717, 1.165) is 6.07 Å². The normalized spacial score (nSPS) is 10.8. The molecular weight excluding hydrogens is 255 g/mol. The highest BCUT2D eigenvalue weighted by Crippen LogP contribution is 2.34. The maximum absolute atomic E-state index is 12.1. The minimum absolute atomic E-state index is 0.0881. The van der Waals surface area contributed by atoms with Crippen molar-refractivity contribution in [3.8, 4) is 11.8 Å². The van der Waals surface area contributed by atoms with Gasteiger partial charge in [0, 0.05) is 11.8 Å². The summed E-state index contributed by atoms with van der Waals surface area (Å²) in [6, 6.07) is 2.39. The number of pyridine rings is 1. The van der Waals surface area contributed by atoms with E-state index in [2.05, 4.69) is 9.72 Å². The quantitative estimate of drug-likeness (QED) is 0.615. The zero-order valence-corrected chi connectivity index (χ0v) is 8.98. The number of aryl methyl sites for hydroxylation is 1. The minimum atomic E-state index is -5.05. The molecule has 0 aliphatic heterocycles. The third-order valence-electron chi connectivity index (χ3n) is 1.81. The van der Waals surface area contributed by atoms with E-state index >= 15 is 0 Å². The first-order chi connectivity index (χ1) is 8.24. The Morgan fingerprint density at radius 2 is 2.22 bits per heavy atom. The Morgan fingerprint density at radius 1 is 1.61 bits per heavy atom. The van der Waals surface area contributed by atoms with Crippen LogP contribution in [-0.2, 0) is 6.42 Å². The van der Waals surface area contributed by atoms with Crippen LogP contribution in [0.4, 0.5) is 18.9 Å². The fourth-order valence-corrected chi connectivity index (χ4v) is 1.29. The van der Waals surface area contributed by atoms with Gasteiger partial charge in [-0.15, -0.1) is 13.2 Å². The number of aromatic nitrogens is 1. The van der Waals surface area contributed by atoms with Crippen LogP contribution in [0.3, 0.4) is 0 Å². The summed E-state index contributed by atoms with van der Waals surface area (Å²) >= 11 is 0. The maximum Gasteiger partial charge on any atom is 0.573 e. The van der Waals surface area contributed by atoms with Crippen molar-refractivity contribution in [1.82, 2.24) is 4.98 Å². The molecule has 0 fully saturated rings. The van der Waals surface area contributed by atoms with E-state index in [-0.39, 0.29) is 11.4 Å². The van der Waals surface area contributed by atoms with Gasteiger partial charge in [0.2, 0.25) is 5.75 Å². The summed E-state index contributed by atoms with van der Waals surface area (Å²) in [7, 11) is 0. The van der Waals surface area contributed by atoms with E-state index in [9.17, 15) is 23.3 Å². The Bertz CT molecular complexity index is 522. The van der Waals surface area contributed by atoms with E-state index in [1.807, 2.05) is 0 Å². The van der Waals surface area contributed by atoms with E-state index in [4.69, 9.17) is 5.26 Å². The van der Waals surface area contributed by atoms with E-state index in [0.29, 0.717) is 0 Å². The molecule has 1 aromatic rings. The molecular formula is C9H6F3N3O3. The fraction of sp³-hybridized carbons (Fsp3) is 0.333. The number of alkyl halides is 3. The number of nitriles is 1. The van der Waals surface area contributed by atoms with Crippen molar-refractivity contribution < 1.29 is 22.8 Å². The van der Waals surface area contributed by atoms with Gasteiger partial charge in [-0.3, -0.25) is 10.1 Å². The van der Waals surface area contributed by atoms with E-state index in [1.165, 1.54) is 6.92 Å². The van der Waals surface area contributed by atoms with Crippen molar-refractivity contribution in [3.05, 3.63) is 27.6 Å². The average Bonchev–Trinajstić information content (AvgIpc) is 2.13. The fourth-order valence-electron chi connectivity index (χ4n) is 1.29. The summed E-state index contributed by atoms with van der Waals surface area (Å²) in [6.07, 6.45) is -5.53. The Hall–Kier alpha value is -2.37. The third kappa shape index (κ3) is 3.31. The molecule has 9 heteroatoms. The number of nitrogens with zero attached hydrogens (tertiary/aromatic N) is 3. The lowest BCUT2D eigenvalue weighted by atomic mass is 10.2. The van der Waals surface area contributed by atoms with Crippen molar-refractivity contribution in [2.24, 2.45) is 0 Å². The Balaban J connectivity index is 3.39. The molecule has 0 amide bonds. The van der Waals surface area contributed by atoms with Crippen molar-refractivity contribution in [3.63, 3.8) is 0 Å². The topological polar surface area (TPSA) is 89.0 Å². The first-order valence-electron chi connectivity index (χ1n) is 4.52. The van der Waals surface area contributed by atoms with Gasteiger partial charge in [0.25, 0.3) is 0 Å². The first kappa shape index (κ1) is 13.7. The van der Waals surface area contributed by atoms with Gasteiger partial charge in [-0.05, 0) is 6.92 Å². The van der Waals surface area contributed by atoms with Crippen LogP contribution in [0.1, 0.15) is 11.4 Å². The predicted octanol–water partition coefficient (Wildman–Crippen LogP) is 2.26. The van der Waals surface area contributed by atoms with Crippen LogP contribution >= 0.6 is 0 Å². The second-order valence-corrected chi connectivity index (χ2v) is 3.20. The standard InChI is InChI=1S/C9H6F3N3O3/c1-5-4-7(18-9(10,11)12)8(15(16)17)6(14-5)2-3-13/h4H,2H2,1H3. The average molecular weight is 261 g/mol. The molecule has 0 saturated heterocycles. The number of hydrogen-bond donors (Lipinski definition) is 0. The van der Waals surface area contributed by atoms with Crippen LogP contribution in [0.2, 0.25) is 0 Å². The van der Waals surface area contributed by atoms with Crippen molar-refractivity contribution in [1.29, 1.82) is 5.26 Å². The number of rotatable bonds is 3. The molecule has 0 aliphatic rings.